The highest BCUT2D eigenvalue weighted by Crippen LogP contribution is 2.49. The van der Waals surface area contributed by atoms with Gasteiger partial charge in [-0.2, -0.15) is 15.8 Å². The van der Waals surface area contributed by atoms with Crippen molar-refractivity contribution < 1.29 is 0 Å². The molecule has 58 heavy (non-hydrogen) atoms. The molecule has 10 rings (SSSR count). The molecule has 266 valence electrons. The van der Waals surface area contributed by atoms with Gasteiger partial charge in [0.25, 0.3) is 0 Å². The third kappa shape index (κ3) is 5.76. The Labute approximate surface area is 334 Å². The maximum Gasteiger partial charge on any atom is 0.164 e. The standard InChI is InChI=1S/C52H28N6/c53-29-32-12-16-36(17-13-32)50-56-51(37-18-14-33(30-54)15-19-37)58-52(57-50)47-9-4-1-6-40(47)38-24-25-39(31-55)48(28-38)35-22-20-34(21-23-35)41-26-27-46-43-8-3-2-7-42(43)45-11-5-10-44(41)49(45)46/h1-28H. The van der Waals surface area contributed by atoms with E-state index in [9.17, 15) is 15.8 Å². The highest BCUT2D eigenvalue weighted by molar-refractivity contribution is 6.18. The summed E-state index contributed by atoms with van der Waals surface area (Å²) in [7, 11) is 0. The summed E-state index contributed by atoms with van der Waals surface area (Å²) in [4.78, 5) is 14.8. The average molecular weight is 737 g/mol. The lowest BCUT2D eigenvalue weighted by Crippen LogP contribution is -2.01. The Bertz CT molecular complexity index is 3130. The Morgan fingerprint density at radius 3 is 1.36 bits per heavy atom. The van der Waals surface area contributed by atoms with E-state index in [0.29, 0.717) is 34.2 Å². The summed E-state index contributed by atoms with van der Waals surface area (Å²) < 4.78 is 0. The summed E-state index contributed by atoms with van der Waals surface area (Å²) in [5.41, 5.74) is 14.8. The van der Waals surface area contributed by atoms with Crippen LogP contribution in [0.1, 0.15) is 16.7 Å². The number of fused-ring (bicyclic) bond motifs is 3. The number of benzene rings is 8. The van der Waals surface area contributed by atoms with Crippen LogP contribution >= 0.6 is 0 Å². The van der Waals surface area contributed by atoms with Crippen molar-refractivity contribution in [1.82, 2.24) is 15.0 Å². The van der Waals surface area contributed by atoms with Gasteiger partial charge in [0, 0.05) is 22.3 Å². The molecule has 0 unspecified atom stereocenters. The molecule has 1 heterocycles. The predicted molar refractivity (Wildman–Crippen MR) is 229 cm³/mol. The van der Waals surface area contributed by atoms with Crippen LogP contribution in [0, 0.1) is 34.0 Å². The number of hydrogen-bond donors (Lipinski definition) is 0. The van der Waals surface area contributed by atoms with Crippen molar-refractivity contribution in [3.63, 3.8) is 0 Å². The normalized spacial score (nSPS) is 11.1. The quantitative estimate of drug-likeness (QED) is 0.168. The molecule has 0 spiro atoms. The second kappa shape index (κ2) is 14.0. The van der Waals surface area contributed by atoms with Gasteiger partial charge in [-0.15, -0.1) is 0 Å². The van der Waals surface area contributed by atoms with Gasteiger partial charge < -0.3 is 0 Å². The Morgan fingerprint density at radius 1 is 0.310 bits per heavy atom. The molecule has 6 nitrogen and oxygen atoms in total. The molecule has 0 atom stereocenters. The molecular formula is C52H28N6. The third-order valence-corrected chi connectivity index (χ3v) is 10.9. The van der Waals surface area contributed by atoms with Gasteiger partial charge in [-0.3, -0.25) is 0 Å². The molecule has 1 aliphatic rings. The maximum absolute atomic E-state index is 10.3. The Morgan fingerprint density at radius 2 is 0.776 bits per heavy atom. The molecule has 1 aromatic heterocycles. The van der Waals surface area contributed by atoms with Crippen LogP contribution in [0.3, 0.4) is 0 Å². The van der Waals surface area contributed by atoms with Crippen LogP contribution in [0.5, 0.6) is 0 Å². The predicted octanol–water partition coefficient (Wildman–Crippen LogP) is 12.3. The van der Waals surface area contributed by atoms with Crippen molar-refractivity contribution in [3.05, 3.63) is 187 Å². The lowest BCUT2D eigenvalue weighted by atomic mass is 9.91. The highest BCUT2D eigenvalue weighted by atomic mass is 15.0. The van der Waals surface area contributed by atoms with Crippen molar-refractivity contribution in [2.24, 2.45) is 0 Å². The molecular weight excluding hydrogens is 709 g/mol. The zero-order valence-electron chi connectivity index (χ0n) is 30.8. The van der Waals surface area contributed by atoms with Crippen LogP contribution < -0.4 is 0 Å². The minimum absolute atomic E-state index is 0.453. The first-order chi connectivity index (χ1) is 28.6. The van der Waals surface area contributed by atoms with E-state index in [1.807, 2.05) is 60.7 Å². The summed E-state index contributed by atoms with van der Waals surface area (Å²) in [5, 5.41) is 31.6. The van der Waals surface area contributed by atoms with Gasteiger partial charge in [0.15, 0.2) is 17.5 Å². The lowest BCUT2D eigenvalue weighted by Gasteiger charge is -2.14. The molecule has 0 fully saturated rings. The summed E-state index contributed by atoms with van der Waals surface area (Å²) in [5.74, 6) is 1.37. The van der Waals surface area contributed by atoms with E-state index in [4.69, 9.17) is 15.0 Å². The van der Waals surface area contributed by atoms with Crippen LogP contribution in [0.15, 0.2) is 170 Å². The first-order valence-corrected chi connectivity index (χ1v) is 18.8. The van der Waals surface area contributed by atoms with Gasteiger partial charge in [-0.05, 0) is 122 Å². The number of hydrogen-bond acceptors (Lipinski definition) is 6. The van der Waals surface area contributed by atoms with E-state index >= 15 is 0 Å². The van der Waals surface area contributed by atoms with E-state index in [-0.39, 0.29) is 0 Å². The molecule has 0 saturated heterocycles. The third-order valence-electron chi connectivity index (χ3n) is 10.9. The van der Waals surface area contributed by atoms with Gasteiger partial charge in [0.2, 0.25) is 0 Å². The van der Waals surface area contributed by atoms with Crippen molar-refractivity contribution in [2.75, 3.05) is 0 Å². The van der Waals surface area contributed by atoms with Gasteiger partial charge in [0.1, 0.15) is 0 Å². The lowest BCUT2D eigenvalue weighted by molar-refractivity contribution is 1.07. The van der Waals surface area contributed by atoms with Crippen molar-refractivity contribution >= 4 is 10.8 Å². The maximum atomic E-state index is 10.3. The van der Waals surface area contributed by atoms with Gasteiger partial charge >= 0.3 is 0 Å². The molecule has 0 bridgehead atoms. The first kappa shape index (κ1) is 34.0. The molecule has 0 N–H and O–H groups in total. The van der Waals surface area contributed by atoms with Gasteiger partial charge in [0.05, 0.1) is 34.9 Å². The second-order valence-electron chi connectivity index (χ2n) is 14.1. The van der Waals surface area contributed by atoms with Crippen molar-refractivity contribution in [3.8, 4) is 108 Å². The van der Waals surface area contributed by atoms with Crippen molar-refractivity contribution in [2.45, 2.75) is 0 Å². The molecule has 0 saturated carbocycles. The largest absolute Gasteiger partial charge is 0.208 e. The first-order valence-electron chi connectivity index (χ1n) is 18.8. The monoisotopic (exact) mass is 736 g/mol. The number of nitrogens with zero attached hydrogens (tertiary/aromatic N) is 6. The fourth-order valence-corrected chi connectivity index (χ4v) is 8.01. The van der Waals surface area contributed by atoms with Gasteiger partial charge in [-0.1, -0.05) is 109 Å². The van der Waals surface area contributed by atoms with E-state index in [1.165, 1.54) is 38.6 Å². The molecule has 6 heteroatoms. The van der Waals surface area contributed by atoms with Crippen LogP contribution in [0.4, 0.5) is 0 Å². The van der Waals surface area contributed by atoms with E-state index in [1.54, 1.807) is 24.3 Å². The number of rotatable bonds is 6. The highest BCUT2D eigenvalue weighted by Gasteiger charge is 2.22. The summed E-state index contributed by atoms with van der Waals surface area (Å²) in [6.45, 7) is 0. The fourth-order valence-electron chi connectivity index (χ4n) is 8.01. The van der Waals surface area contributed by atoms with Crippen molar-refractivity contribution in [1.29, 1.82) is 15.8 Å². The molecule has 0 radical (unpaired) electrons. The molecule has 9 aromatic rings. The van der Waals surface area contributed by atoms with Crippen LogP contribution in [-0.4, -0.2) is 15.0 Å². The number of aromatic nitrogens is 3. The van der Waals surface area contributed by atoms with E-state index < -0.39 is 0 Å². The Balaban J connectivity index is 1.05. The summed E-state index contributed by atoms with van der Waals surface area (Å²) in [6, 6.07) is 63.0. The Kier molecular flexibility index (Phi) is 8.20. The molecule has 0 amide bonds. The molecule has 1 aliphatic carbocycles. The topological polar surface area (TPSA) is 110 Å². The molecule has 0 aliphatic heterocycles. The Hall–Kier alpha value is -8.50. The minimum atomic E-state index is 0.453. The zero-order chi connectivity index (χ0) is 39.2. The second-order valence-corrected chi connectivity index (χ2v) is 14.1. The number of nitriles is 3. The smallest absolute Gasteiger partial charge is 0.164 e. The van der Waals surface area contributed by atoms with E-state index in [0.717, 1.165) is 44.5 Å². The van der Waals surface area contributed by atoms with Crippen LogP contribution in [-0.2, 0) is 0 Å². The van der Waals surface area contributed by atoms with Crippen LogP contribution in [0.25, 0.3) is 101 Å². The average Bonchev–Trinajstić information content (AvgIpc) is 3.63. The van der Waals surface area contributed by atoms with Gasteiger partial charge in [-0.25, -0.2) is 15.0 Å². The minimum Gasteiger partial charge on any atom is -0.208 e. The fraction of sp³-hybridized carbons (Fsp3) is 0. The summed E-state index contributed by atoms with van der Waals surface area (Å²) >= 11 is 0. The van der Waals surface area contributed by atoms with E-state index in [2.05, 4.69) is 103 Å². The SMILES string of the molecule is N#Cc1ccc(-c2nc(-c3ccc(C#N)cc3)nc(-c3ccccc3-c3ccc(C#N)c(-c4ccc(-c5ccc6c7c(cccc57)-c5ccccc5-6)cc4)c3)n2)cc1. The zero-order valence-corrected chi connectivity index (χ0v) is 30.8. The molecule has 8 aromatic carbocycles. The van der Waals surface area contributed by atoms with Crippen LogP contribution in [0.2, 0.25) is 0 Å². The summed E-state index contributed by atoms with van der Waals surface area (Å²) in [6.07, 6.45) is 0.